The highest BCUT2D eigenvalue weighted by atomic mass is 16.2. The van der Waals surface area contributed by atoms with Gasteiger partial charge in [0, 0.05) is 19.2 Å². The van der Waals surface area contributed by atoms with Crippen LogP contribution >= 0.6 is 0 Å². The normalized spacial score (nSPS) is 21.4. The van der Waals surface area contributed by atoms with Gasteiger partial charge in [0.05, 0.1) is 11.9 Å². The van der Waals surface area contributed by atoms with Gasteiger partial charge in [0.1, 0.15) is 6.04 Å². The molecule has 0 aliphatic carbocycles. The van der Waals surface area contributed by atoms with Crippen LogP contribution in [0.15, 0.2) is 18.5 Å². The molecule has 2 heterocycles. The minimum Gasteiger partial charge on any atom is -0.344 e. The van der Waals surface area contributed by atoms with Gasteiger partial charge in [-0.05, 0) is 24.5 Å². The van der Waals surface area contributed by atoms with E-state index in [1.165, 1.54) is 0 Å². The van der Waals surface area contributed by atoms with Crippen LogP contribution in [0.25, 0.3) is 0 Å². The van der Waals surface area contributed by atoms with Gasteiger partial charge in [-0.3, -0.25) is 14.6 Å². The zero-order valence-electron chi connectivity index (χ0n) is 12.2. The molecule has 1 aromatic heterocycles. The highest BCUT2D eigenvalue weighted by molar-refractivity contribution is 6.01. The van der Waals surface area contributed by atoms with Crippen molar-refractivity contribution in [1.29, 1.82) is 0 Å². The number of aromatic nitrogens is 1. The van der Waals surface area contributed by atoms with Crippen molar-refractivity contribution in [2.45, 2.75) is 39.7 Å². The van der Waals surface area contributed by atoms with E-state index < -0.39 is 6.04 Å². The van der Waals surface area contributed by atoms with Crippen LogP contribution in [-0.4, -0.2) is 29.4 Å². The lowest BCUT2D eigenvalue weighted by Crippen LogP contribution is -2.48. The van der Waals surface area contributed by atoms with E-state index in [-0.39, 0.29) is 17.7 Å². The van der Waals surface area contributed by atoms with Gasteiger partial charge in [0.15, 0.2) is 0 Å². The lowest BCUT2D eigenvalue weighted by molar-refractivity contribution is -0.126. The Morgan fingerprint density at radius 3 is 2.85 bits per heavy atom. The molecule has 2 atom stereocenters. The molecular formula is C15H21N3O2. The smallest absolute Gasteiger partial charge is 0.249 e. The Morgan fingerprint density at radius 1 is 1.45 bits per heavy atom. The molecule has 2 unspecified atom stereocenters. The summed E-state index contributed by atoms with van der Waals surface area (Å²) in [6.07, 6.45) is 4.60. The van der Waals surface area contributed by atoms with Crippen LogP contribution in [0.4, 0.5) is 5.69 Å². The molecule has 1 aliphatic rings. The molecule has 5 heteroatoms. The molecule has 0 saturated carbocycles. The molecule has 0 aromatic carbocycles. The standard InChI is InChI=1S/C15H21N3O2/c1-4-11(3)14-15(20)18(6-5-13(19)17-14)12-7-10(2)8-16-9-12/h7-9,11,14H,4-6H2,1-3H3,(H,17,19). The van der Waals surface area contributed by atoms with E-state index in [0.717, 1.165) is 17.7 Å². The molecule has 1 aromatic rings. The van der Waals surface area contributed by atoms with Gasteiger partial charge in [0.2, 0.25) is 11.8 Å². The van der Waals surface area contributed by atoms with E-state index in [1.807, 2.05) is 26.8 Å². The van der Waals surface area contributed by atoms with Gasteiger partial charge >= 0.3 is 0 Å². The SMILES string of the molecule is CCC(C)C1NC(=O)CCN(c2cncc(C)c2)C1=O. The van der Waals surface area contributed by atoms with Crippen LogP contribution in [0.2, 0.25) is 0 Å². The molecule has 1 aliphatic heterocycles. The van der Waals surface area contributed by atoms with E-state index in [4.69, 9.17) is 0 Å². The van der Waals surface area contributed by atoms with Crippen molar-refractivity contribution in [2.24, 2.45) is 5.92 Å². The predicted octanol–water partition coefficient (Wildman–Crippen LogP) is 1.66. The summed E-state index contributed by atoms with van der Waals surface area (Å²) < 4.78 is 0. The summed E-state index contributed by atoms with van der Waals surface area (Å²) >= 11 is 0. The van der Waals surface area contributed by atoms with Crippen LogP contribution in [-0.2, 0) is 9.59 Å². The van der Waals surface area contributed by atoms with Crippen LogP contribution in [0.5, 0.6) is 0 Å². The van der Waals surface area contributed by atoms with Crippen molar-refractivity contribution in [3.05, 3.63) is 24.0 Å². The second kappa shape index (κ2) is 6.03. The van der Waals surface area contributed by atoms with Crippen molar-refractivity contribution < 1.29 is 9.59 Å². The average Bonchev–Trinajstić information content (AvgIpc) is 2.58. The van der Waals surface area contributed by atoms with Gasteiger partial charge in [-0.2, -0.15) is 0 Å². The second-order valence-electron chi connectivity index (χ2n) is 5.39. The molecule has 0 radical (unpaired) electrons. The molecule has 5 nitrogen and oxygen atoms in total. The van der Waals surface area contributed by atoms with Gasteiger partial charge in [0.25, 0.3) is 0 Å². The number of rotatable bonds is 3. The molecule has 2 amide bonds. The molecule has 1 N–H and O–H groups in total. The first-order chi connectivity index (χ1) is 9.52. The number of hydrogen-bond acceptors (Lipinski definition) is 3. The Labute approximate surface area is 119 Å². The Kier molecular flexibility index (Phi) is 4.37. The number of carbonyl (C=O) groups excluding carboxylic acids is 2. The van der Waals surface area contributed by atoms with Gasteiger partial charge < -0.3 is 10.2 Å². The Hall–Kier alpha value is -1.91. The van der Waals surface area contributed by atoms with Crippen molar-refractivity contribution in [1.82, 2.24) is 10.3 Å². The van der Waals surface area contributed by atoms with Crippen LogP contribution in [0.1, 0.15) is 32.3 Å². The summed E-state index contributed by atoms with van der Waals surface area (Å²) in [5.41, 5.74) is 1.76. The monoisotopic (exact) mass is 275 g/mol. The summed E-state index contributed by atoms with van der Waals surface area (Å²) in [6.45, 7) is 6.35. The maximum absolute atomic E-state index is 12.7. The highest BCUT2D eigenvalue weighted by Crippen LogP contribution is 2.21. The highest BCUT2D eigenvalue weighted by Gasteiger charge is 2.33. The second-order valence-corrected chi connectivity index (χ2v) is 5.39. The molecule has 1 saturated heterocycles. The number of pyridine rings is 1. The Balaban J connectivity index is 2.32. The fourth-order valence-corrected chi connectivity index (χ4v) is 2.36. The summed E-state index contributed by atoms with van der Waals surface area (Å²) in [5.74, 6) is 0.00850. The first-order valence-electron chi connectivity index (χ1n) is 7.05. The molecule has 20 heavy (non-hydrogen) atoms. The summed E-state index contributed by atoms with van der Waals surface area (Å²) in [4.78, 5) is 30.3. The molecule has 1 fully saturated rings. The third-order valence-corrected chi connectivity index (χ3v) is 3.80. The van der Waals surface area contributed by atoms with Crippen molar-refractivity contribution >= 4 is 17.5 Å². The summed E-state index contributed by atoms with van der Waals surface area (Å²) in [7, 11) is 0. The van der Waals surface area contributed by atoms with E-state index in [9.17, 15) is 9.59 Å². The first-order valence-corrected chi connectivity index (χ1v) is 7.05. The van der Waals surface area contributed by atoms with E-state index in [1.54, 1.807) is 17.3 Å². The lowest BCUT2D eigenvalue weighted by atomic mass is 9.98. The van der Waals surface area contributed by atoms with Crippen LogP contribution in [0, 0.1) is 12.8 Å². The minimum atomic E-state index is -0.449. The van der Waals surface area contributed by atoms with Gasteiger partial charge in [-0.25, -0.2) is 0 Å². The number of carbonyl (C=O) groups is 2. The number of anilines is 1. The predicted molar refractivity (Wildman–Crippen MR) is 77.3 cm³/mol. The lowest BCUT2D eigenvalue weighted by Gasteiger charge is -2.27. The zero-order chi connectivity index (χ0) is 14.7. The maximum atomic E-state index is 12.7. The number of nitrogens with one attached hydrogen (secondary N) is 1. The Morgan fingerprint density at radius 2 is 2.20 bits per heavy atom. The number of hydrogen-bond donors (Lipinski definition) is 1. The maximum Gasteiger partial charge on any atom is 0.249 e. The minimum absolute atomic E-state index is 0.0439. The molecule has 108 valence electrons. The molecule has 0 bridgehead atoms. The topological polar surface area (TPSA) is 62.3 Å². The summed E-state index contributed by atoms with van der Waals surface area (Å²) in [5, 5.41) is 2.84. The largest absolute Gasteiger partial charge is 0.344 e. The Bertz CT molecular complexity index is 516. The zero-order valence-corrected chi connectivity index (χ0v) is 12.2. The third-order valence-electron chi connectivity index (χ3n) is 3.80. The fraction of sp³-hybridized carbons (Fsp3) is 0.533. The quantitative estimate of drug-likeness (QED) is 0.912. The van der Waals surface area contributed by atoms with E-state index >= 15 is 0 Å². The van der Waals surface area contributed by atoms with E-state index in [2.05, 4.69) is 10.3 Å². The summed E-state index contributed by atoms with van der Waals surface area (Å²) in [6, 6.07) is 1.48. The van der Waals surface area contributed by atoms with Crippen molar-refractivity contribution in [3.63, 3.8) is 0 Å². The molecular weight excluding hydrogens is 254 g/mol. The number of amides is 2. The first kappa shape index (κ1) is 14.5. The van der Waals surface area contributed by atoms with Crippen molar-refractivity contribution in [2.75, 3.05) is 11.4 Å². The molecule has 2 rings (SSSR count). The average molecular weight is 275 g/mol. The number of nitrogens with zero attached hydrogens (tertiary/aromatic N) is 2. The third kappa shape index (κ3) is 2.98. The van der Waals surface area contributed by atoms with Gasteiger partial charge in [-0.15, -0.1) is 0 Å². The van der Waals surface area contributed by atoms with Crippen LogP contribution in [0.3, 0.4) is 0 Å². The fourth-order valence-electron chi connectivity index (χ4n) is 2.36. The van der Waals surface area contributed by atoms with E-state index in [0.29, 0.717) is 13.0 Å². The number of aryl methyl sites for hydroxylation is 1. The van der Waals surface area contributed by atoms with Crippen LogP contribution < -0.4 is 10.2 Å². The molecule has 0 spiro atoms. The van der Waals surface area contributed by atoms with Gasteiger partial charge in [-0.1, -0.05) is 20.3 Å². The van der Waals surface area contributed by atoms with Crippen molar-refractivity contribution in [3.8, 4) is 0 Å².